The summed E-state index contributed by atoms with van der Waals surface area (Å²) in [4.78, 5) is 11.7. The van der Waals surface area contributed by atoms with Crippen molar-refractivity contribution in [3.63, 3.8) is 0 Å². The van der Waals surface area contributed by atoms with Gasteiger partial charge in [0.1, 0.15) is 5.78 Å². The Bertz CT molecular complexity index is 386. The molecule has 0 aliphatic heterocycles. The monoisotopic (exact) mass is 200 g/mol. The van der Waals surface area contributed by atoms with Crippen molar-refractivity contribution in [2.75, 3.05) is 0 Å². The van der Waals surface area contributed by atoms with E-state index >= 15 is 0 Å². The molecule has 0 amide bonds. The highest BCUT2D eigenvalue weighted by Gasteiger charge is 2.47. The largest absolute Gasteiger partial charge is 0.300 e. The molecule has 0 N–H and O–H groups in total. The topological polar surface area (TPSA) is 17.1 Å². The van der Waals surface area contributed by atoms with Gasteiger partial charge in [-0.15, -0.1) is 0 Å². The normalized spacial score (nSPS) is 41.3. The third-order valence-corrected chi connectivity index (χ3v) is 4.16. The first kappa shape index (κ1) is 9.14. The van der Waals surface area contributed by atoms with Crippen molar-refractivity contribution >= 4 is 5.78 Å². The van der Waals surface area contributed by atoms with E-state index in [1.807, 2.05) is 0 Å². The van der Waals surface area contributed by atoms with E-state index in [4.69, 9.17) is 0 Å². The lowest BCUT2D eigenvalue weighted by atomic mass is 9.76. The van der Waals surface area contributed by atoms with Crippen LogP contribution in [0.25, 0.3) is 0 Å². The van der Waals surface area contributed by atoms with Crippen LogP contribution in [0, 0.1) is 23.7 Å². The van der Waals surface area contributed by atoms with Crippen LogP contribution in [0.15, 0.2) is 36.0 Å². The fourth-order valence-corrected chi connectivity index (χ4v) is 3.59. The van der Waals surface area contributed by atoms with Gasteiger partial charge in [0.25, 0.3) is 0 Å². The first-order valence-corrected chi connectivity index (χ1v) is 5.82. The van der Waals surface area contributed by atoms with E-state index < -0.39 is 0 Å². The molecule has 3 aliphatic carbocycles. The third-order valence-electron chi connectivity index (χ3n) is 4.16. The van der Waals surface area contributed by atoms with Crippen molar-refractivity contribution in [2.24, 2.45) is 23.7 Å². The average molecular weight is 200 g/mol. The summed E-state index contributed by atoms with van der Waals surface area (Å²) in [6.07, 6.45) is 13.4. The molecular weight excluding hydrogens is 184 g/mol. The van der Waals surface area contributed by atoms with Crippen molar-refractivity contribution in [1.29, 1.82) is 0 Å². The molecule has 1 nitrogen and oxygen atoms in total. The lowest BCUT2D eigenvalue weighted by Crippen LogP contribution is -2.26. The van der Waals surface area contributed by atoms with Crippen LogP contribution in [0.5, 0.6) is 0 Å². The molecule has 0 spiro atoms. The van der Waals surface area contributed by atoms with Crippen LogP contribution in [-0.2, 0) is 4.79 Å². The summed E-state index contributed by atoms with van der Waals surface area (Å²) in [6.45, 7) is 1.76. The molecular formula is C14H16O. The van der Waals surface area contributed by atoms with Gasteiger partial charge in [-0.25, -0.2) is 0 Å². The molecule has 0 saturated heterocycles. The third kappa shape index (κ3) is 1.26. The molecule has 0 aromatic rings. The quantitative estimate of drug-likeness (QED) is 0.626. The van der Waals surface area contributed by atoms with Gasteiger partial charge in [0.2, 0.25) is 0 Å². The highest BCUT2D eigenvalue weighted by molar-refractivity contribution is 5.80. The Hall–Kier alpha value is -1.11. The van der Waals surface area contributed by atoms with Crippen molar-refractivity contribution in [3.05, 3.63) is 36.0 Å². The summed E-state index contributed by atoms with van der Waals surface area (Å²) in [5.41, 5.74) is 1.48. The Morgan fingerprint density at radius 1 is 1.33 bits per heavy atom. The number of rotatable bonds is 2. The van der Waals surface area contributed by atoms with Gasteiger partial charge < -0.3 is 0 Å². The van der Waals surface area contributed by atoms with Gasteiger partial charge in [0.15, 0.2) is 0 Å². The van der Waals surface area contributed by atoms with Gasteiger partial charge in [0.05, 0.1) is 0 Å². The van der Waals surface area contributed by atoms with Gasteiger partial charge >= 0.3 is 0 Å². The maximum atomic E-state index is 11.7. The number of hydrogen-bond acceptors (Lipinski definition) is 1. The predicted octanol–water partition coefficient (Wildman–Crippen LogP) is 2.90. The first-order valence-electron chi connectivity index (χ1n) is 5.82. The van der Waals surface area contributed by atoms with E-state index in [0.29, 0.717) is 23.5 Å². The van der Waals surface area contributed by atoms with Crippen LogP contribution in [0.2, 0.25) is 0 Å². The number of fused-ring (bicyclic) bond motifs is 2. The van der Waals surface area contributed by atoms with Crippen LogP contribution < -0.4 is 0 Å². The Kier molecular flexibility index (Phi) is 1.95. The summed E-state index contributed by atoms with van der Waals surface area (Å²) in [6, 6.07) is 0. The van der Waals surface area contributed by atoms with E-state index in [2.05, 4.69) is 30.4 Å². The summed E-state index contributed by atoms with van der Waals surface area (Å²) in [5, 5.41) is 0. The van der Waals surface area contributed by atoms with Crippen LogP contribution in [-0.4, -0.2) is 5.78 Å². The molecule has 0 aromatic carbocycles. The van der Waals surface area contributed by atoms with Gasteiger partial charge in [-0.2, -0.15) is 0 Å². The number of allylic oxidation sites excluding steroid dienone is 6. The Labute approximate surface area is 90.6 Å². The van der Waals surface area contributed by atoms with Crippen LogP contribution >= 0.6 is 0 Å². The maximum absolute atomic E-state index is 11.7. The molecule has 1 saturated carbocycles. The molecule has 78 valence electrons. The van der Waals surface area contributed by atoms with Crippen molar-refractivity contribution in [1.82, 2.24) is 0 Å². The molecule has 0 radical (unpaired) electrons. The fourth-order valence-electron chi connectivity index (χ4n) is 3.59. The second-order valence-corrected chi connectivity index (χ2v) is 4.98. The second kappa shape index (κ2) is 3.19. The maximum Gasteiger partial charge on any atom is 0.134 e. The lowest BCUT2D eigenvalue weighted by Gasteiger charge is -2.27. The van der Waals surface area contributed by atoms with Gasteiger partial charge in [-0.3, -0.25) is 4.79 Å². The van der Waals surface area contributed by atoms with Crippen LogP contribution in [0.4, 0.5) is 0 Å². The minimum Gasteiger partial charge on any atom is -0.300 e. The molecule has 1 fully saturated rings. The van der Waals surface area contributed by atoms with Crippen molar-refractivity contribution in [3.8, 4) is 0 Å². The molecule has 3 aliphatic rings. The molecule has 15 heavy (non-hydrogen) atoms. The zero-order valence-corrected chi connectivity index (χ0v) is 9.02. The molecule has 2 bridgehead atoms. The fraction of sp³-hybridized carbons (Fsp3) is 0.500. The lowest BCUT2D eigenvalue weighted by molar-refractivity contribution is -0.122. The van der Waals surface area contributed by atoms with E-state index in [1.165, 1.54) is 12.0 Å². The molecule has 0 heterocycles. The number of carbonyl (C=O) groups is 1. The smallest absolute Gasteiger partial charge is 0.134 e. The summed E-state index contributed by atoms with van der Waals surface area (Å²) in [5.74, 6) is 2.32. The predicted molar refractivity (Wildman–Crippen MR) is 60.2 cm³/mol. The number of hydrogen-bond donors (Lipinski definition) is 0. The Morgan fingerprint density at radius 3 is 2.80 bits per heavy atom. The summed E-state index contributed by atoms with van der Waals surface area (Å²) in [7, 11) is 0. The number of carbonyl (C=O) groups excluding carboxylic acids is 1. The van der Waals surface area contributed by atoms with E-state index in [-0.39, 0.29) is 5.92 Å². The molecule has 0 aromatic heterocycles. The second-order valence-electron chi connectivity index (χ2n) is 4.98. The van der Waals surface area contributed by atoms with Gasteiger partial charge in [-0.05, 0) is 37.5 Å². The SMILES string of the molecule is CC(=O)C1C2C=CC(C2)C1C1=CC=CC1. The molecule has 1 heteroatoms. The standard InChI is InChI=1S/C14H16O/c1-9(15)13-11-6-7-12(8-11)14(13)10-4-2-3-5-10/h2-4,6-7,11-14H,5,8H2,1H3. The Balaban J connectivity index is 1.93. The van der Waals surface area contributed by atoms with Gasteiger partial charge in [0, 0.05) is 5.92 Å². The molecule has 4 atom stereocenters. The summed E-state index contributed by atoms with van der Waals surface area (Å²) < 4.78 is 0. The number of Topliss-reactive ketones (excluding diaryl/α,β-unsaturated/α-hetero) is 1. The Morgan fingerprint density at radius 2 is 2.13 bits per heavy atom. The van der Waals surface area contributed by atoms with E-state index in [1.54, 1.807) is 6.92 Å². The minimum absolute atomic E-state index is 0.270. The molecule has 4 unspecified atom stereocenters. The summed E-state index contributed by atoms with van der Waals surface area (Å²) >= 11 is 0. The van der Waals surface area contributed by atoms with E-state index in [9.17, 15) is 4.79 Å². The highest BCUT2D eigenvalue weighted by atomic mass is 16.1. The first-order chi connectivity index (χ1) is 7.27. The van der Waals surface area contributed by atoms with Crippen LogP contribution in [0.1, 0.15) is 19.8 Å². The minimum atomic E-state index is 0.270. The number of ketones is 1. The average Bonchev–Trinajstić information content (AvgIpc) is 2.92. The van der Waals surface area contributed by atoms with E-state index in [0.717, 1.165) is 6.42 Å². The highest BCUT2D eigenvalue weighted by Crippen LogP contribution is 2.52. The van der Waals surface area contributed by atoms with Crippen molar-refractivity contribution < 1.29 is 4.79 Å². The van der Waals surface area contributed by atoms with Gasteiger partial charge in [-0.1, -0.05) is 36.0 Å². The zero-order chi connectivity index (χ0) is 10.4. The van der Waals surface area contributed by atoms with Crippen LogP contribution in [0.3, 0.4) is 0 Å². The van der Waals surface area contributed by atoms with Crippen molar-refractivity contribution in [2.45, 2.75) is 19.8 Å². The molecule has 3 rings (SSSR count). The zero-order valence-electron chi connectivity index (χ0n) is 9.02.